The van der Waals surface area contributed by atoms with E-state index in [0.717, 1.165) is 44.6 Å². The van der Waals surface area contributed by atoms with Crippen LogP contribution in [-0.2, 0) is 0 Å². The minimum Gasteiger partial charge on any atom is -0.357 e. The smallest absolute Gasteiger partial charge is 0.193 e. The van der Waals surface area contributed by atoms with Crippen LogP contribution in [0.2, 0.25) is 0 Å². The zero-order valence-electron chi connectivity index (χ0n) is 13.1. The summed E-state index contributed by atoms with van der Waals surface area (Å²) in [6.07, 6.45) is 2.66. The minimum absolute atomic E-state index is 0.798. The molecule has 20 heavy (non-hydrogen) atoms. The van der Waals surface area contributed by atoms with Gasteiger partial charge in [-0.05, 0) is 25.7 Å². The summed E-state index contributed by atoms with van der Waals surface area (Å²) in [7, 11) is 0. The third-order valence-electron chi connectivity index (χ3n) is 4.07. The number of nitrogens with zero attached hydrogens (tertiary/aromatic N) is 3. The normalized spacial score (nSPS) is 25.8. The molecular weight excluding hydrogens is 268 g/mol. The number of likely N-dealkylation sites (tertiary alicyclic amines) is 1. The van der Waals surface area contributed by atoms with Crippen molar-refractivity contribution in [3.05, 3.63) is 0 Å². The standard InChI is InChI=1S/C15H30N4S/c1-3-16-15(19-7-4-5-14(2)13-19)17-6-8-18-9-11-20-12-10-18/h14H,3-13H2,1-2H3,(H,16,17). The van der Waals surface area contributed by atoms with Crippen molar-refractivity contribution in [2.75, 3.05) is 57.3 Å². The van der Waals surface area contributed by atoms with Crippen LogP contribution in [0.15, 0.2) is 4.99 Å². The Balaban J connectivity index is 1.81. The quantitative estimate of drug-likeness (QED) is 0.633. The van der Waals surface area contributed by atoms with Crippen molar-refractivity contribution in [3.8, 4) is 0 Å². The van der Waals surface area contributed by atoms with Gasteiger partial charge in [-0.1, -0.05) is 6.92 Å². The maximum Gasteiger partial charge on any atom is 0.193 e. The van der Waals surface area contributed by atoms with E-state index in [2.05, 4.69) is 40.7 Å². The Hall–Kier alpha value is -0.420. The summed E-state index contributed by atoms with van der Waals surface area (Å²) in [5.41, 5.74) is 0. The maximum absolute atomic E-state index is 4.85. The number of thioether (sulfide) groups is 1. The van der Waals surface area contributed by atoms with Crippen molar-refractivity contribution in [3.63, 3.8) is 0 Å². The zero-order valence-corrected chi connectivity index (χ0v) is 13.9. The van der Waals surface area contributed by atoms with E-state index in [1.54, 1.807) is 0 Å². The molecule has 4 nitrogen and oxygen atoms in total. The highest BCUT2D eigenvalue weighted by Crippen LogP contribution is 2.15. The van der Waals surface area contributed by atoms with Gasteiger partial charge in [-0.3, -0.25) is 9.89 Å². The molecule has 116 valence electrons. The molecule has 2 aliphatic heterocycles. The van der Waals surface area contributed by atoms with Crippen molar-refractivity contribution in [2.45, 2.75) is 26.7 Å². The van der Waals surface area contributed by atoms with Crippen LogP contribution < -0.4 is 5.32 Å². The van der Waals surface area contributed by atoms with Crippen molar-refractivity contribution >= 4 is 17.7 Å². The van der Waals surface area contributed by atoms with Gasteiger partial charge in [0, 0.05) is 50.8 Å². The first-order chi connectivity index (χ1) is 9.79. The first-order valence-corrected chi connectivity index (χ1v) is 9.28. The first kappa shape index (κ1) is 16.0. The fraction of sp³-hybridized carbons (Fsp3) is 0.933. The molecule has 1 N–H and O–H groups in total. The molecule has 0 radical (unpaired) electrons. The molecule has 2 fully saturated rings. The second-order valence-corrected chi connectivity index (χ2v) is 7.11. The maximum atomic E-state index is 4.85. The second kappa shape index (κ2) is 8.78. The highest BCUT2D eigenvalue weighted by atomic mass is 32.2. The van der Waals surface area contributed by atoms with Crippen molar-refractivity contribution in [2.24, 2.45) is 10.9 Å². The molecule has 2 aliphatic rings. The van der Waals surface area contributed by atoms with Gasteiger partial charge in [0.1, 0.15) is 0 Å². The average Bonchev–Trinajstić information content (AvgIpc) is 2.47. The Kier molecular flexibility index (Phi) is 7.00. The van der Waals surface area contributed by atoms with Crippen LogP contribution in [0.5, 0.6) is 0 Å². The van der Waals surface area contributed by atoms with Gasteiger partial charge in [0.05, 0.1) is 6.54 Å². The van der Waals surface area contributed by atoms with Gasteiger partial charge in [-0.15, -0.1) is 0 Å². The average molecular weight is 299 g/mol. The summed E-state index contributed by atoms with van der Waals surface area (Å²) < 4.78 is 0. The minimum atomic E-state index is 0.798. The van der Waals surface area contributed by atoms with E-state index in [0.29, 0.717) is 0 Å². The lowest BCUT2D eigenvalue weighted by Crippen LogP contribution is -2.46. The van der Waals surface area contributed by atoms with Crippen molar-refractivity contribution < 1.29 is 0 Å². The number of hydrogen-bond donors (Lipinski definition) is 1. The molecule has 0 aromatic carbocycles. The Bertz CT molecular complexity index is 302. The number of aliphatic imine (C=N–C) groups is 1. The molecule has 2 heterocycles. The predicted molar refractivity (Wildman–Crippen MR) is 89.7 cm³/mol. The molecule has 0 aliphatic carbocycles. The number of rotatable bonds is 4. The molecule has 0 spiro atoms. The third-order valence-corrected chi connectivity index (χ3v) is 5.02. The fourth-order valence-electron chi connectivity index (χ4n) is 2.93. The Morgan fingerprint density at radius 3 is 2.80 bits per heavy atom. The number of piperidine rings is 1. The van der Waals surface area contributed by atoms with E-state index in [1.165, 1.54) is 37.4 Å². The largest absolute Gasteiger partial charge is 0.357 e. The van der Waals surface area contributed by atoms with E-state index >= 15 is 0 Å². The predicted octanol–water partition coefficient (Wildman–Crippen LogP) is 1.73. The lowest BCUT2D eigenvalue weighted by atomic mass is 10.0. The van der Waals surface area contributed by atoms with E-state index in [9.17, 15) is 0 Å². The van der Waals surface area contributed by atoms with Gasteiger partial charge >= 0.3 is 0 Å². The number of nitrogens with one attached hydrogen (secondary N) is 1. The van der Waals surface area contributed by atoms with Gasteiger partial charge in [0.25, 0.3) is 0 Å². The zero-order chi connectivity index (χ0) is 14.2. The molecule has 0 bridgehead atoms. The monoisotopic (exact) mass is 298 g/mol. The van der Waals surface area contributed by atoms with Gasteiger partial charge in [0.2, 0.25) is 0 Å². The molecule has 1 unspecified atom stereocenters. The topological polar surface area (TPSA) is 30.9 Å². The highest BCUT2D eigenvalue weighted by molar-refractivity contribution is 7.99. The van der Waals surface area contributed by atoms with Crippen LogP contribution in [-0.4, -0.2) is 73.1 Å². The van der Waals surface area contributed by atoms with E-state index < -0.39 is 0 Å². The molecule has 2 saturated heterocycles. The van der Waals surface area contributed by atoms with Gasteiger partial charge < -0.3 is 10.2 Å². The molecule has 0 aromatic rings. The molecule has 2 rings (SSSR count). The van der Waals surface area contributed by atoms with E-state index in [4.69, 9.17) is 4.99 Å². The summed E-state index contributed by atoms with van der Waals surface area (Å²) in [5, 5.41) is 3.46. The van der Waals surface area contributed by atoms with Crippen LogP contribution in [0.25, 0.3) is 0 Å². The lowest BCUT2D eigenvalue weighted by molar-refractivity contribution is 0.264. The second-order valence-electron chi connectivity index (χ2n) is 5.88. The molecule has 0 amide bonds. The number of hydrogen-bond acceptors (Lipinski definition) is 3. The van der Waals surface area contributed by atoms with Crippen LogP contribution in [0, 0.1) is 5.92 Å². The number of guanidine groups is 1. The summed E-state index contributed by atoms with van der Waals surface area (Å²) in [5.74, 6) is 4.50. The van der Waals surface area contributed by atoms with Crippen LogP contribution in [0.4, 0.5) is 0 Å². The first-order valence-electron chi connectivity index (χ1n) is 8.13. The lowest BCUT2D eigenvalue weighted by Gasteiger charge is -2.33. The summed E-state index contributed by atoms with van der Waals surface area (Å²) >= 11 is 2.07. The summed E-state index contributed by atoms with van der Waals surface area (Å²) in [6, 6.07) is 0. The van der Waals surface area contributed by atoms with E-state index in [-0.39, 0.29) is 0 Å². The molecule has 5 heteroatoms. The van der Waals surface area contributed by atoms with E-state index in [1.807, 2.05) is 0 Å². The summed E-state index contributed by atoms with van der Waals surface area (Å²) in [4.78, 5) is 9.84. The van der Waals surface area contributed by atoms with Gasteiger partial charge in [-0.25, -0.2) is 0 Å². The molecule has 0 aromatic heterocycles. The van der Waals surface area contributed by atoms with Crippen LogP contribution in [0.3, 0.4) is 0 Å². The Morgan fingerprint density at radius 1 is 1.30 bits per heavy atom. The molecule has 1 atom stereocenters. The summed E-state index contributed by atoms with van der Waals surface area (Å²) in [6.45, 7) is 12.3. The van der Waals surface area contributed by atoms with Gasteiger partial charge in [-0.2, -0.15) is 11.8 Å². The SMILES string of the molecule is CCNC(=NCCN1CCSCC1)N1CCCC(C)C1. The Morgan fingerprint density at radius 2 is 2.10 bits per heavy atom. The van der Waals surface area contributed by atoms with Gasteiger partial charge in [0.15, 0.2) is 5.96 Å². The van der Waals surface area contributed by atoms with Crippen LogP contribution >= 0.6 is 11.8 Å². The highest BCUT2D eigenvalue weighted by Gasteiger charge is 2.19. The fourth-order valence-corrected chi connectivity index (χ4v) is 3.91. The molecule has 0 saturated carbocycles. The Labute approximate surface area is 128 Å². The van der Waals surface area contributed by atoms with Crippen LogP contribution in [0.1, 0.15) is 26.7 Å². The molecular formula is C15H30N4S. The third kappa shape index (κ3) is 5.17. The van der Waals surface area contributed by atoms with Crippen molar-refractivity contribution in [1.29, 1.82) is 0 Å². The van der Waals surface area contributed by atoms with Crippen molar-refractivity contribution in [1.82, 2.24) is 15.1 Å².